The lowest BCUT2D eigenvalue weighted by Crippen LogP contribution is -2.27. The van der Waals surface area contributed by atoms with E-state index < -0.39 is 0 Å². The van der Waals surface area contributed by atoms with Crippen LogP contribution in [0.4, 0.5) is 0 Å². The van der Waals surface area contributed by atoms with Crippen molar-refractivity contribution in [1.82, 2.24) is 10.2 Å². The van der Waals surface area contributed by atoms with Crippen molar-refractivity contribution in [2.45, 2.75) is 52.0 Å². The van der Waals surface area contributed by atoms with Gasteiger partial charge in [0.25, 0.3) is 0 Å². The molecular formula is C14H32N2O. The van der Waals surface area contributed by atoms with E-state index in [0.717, 1.165) is 26.1 Å². The minimum Gasteiger partial charge on any atom is -0.385 e. The zero-order valence-corrected chi connectivity index (χ0v) is 12.3. The van der Waals surface area contributed by atoms with Crippen LogP contribution in [-0.2, 0) is 4.74 Å². The summed E-state index contributed by atoms with van der Waals surface area (Å²) in [5.74, 6) is 0. The van der Waals surface area contributed by atoms with Crippen molar-refractivity contribution in [3.05, 3.63) is 0 Å². The number of unbranched alkanes of at least 4 members (excludes halogenated alkanes) is 1. The normalized spacial score (nSPS) is 13.2. The van der Waals surface area contributed by atoms with Gasteiger partial charge in [-0.15, -0.1) is 0 Å². The first-order chi connectivity index (χ1) is 8.20. The van der Waals surface area contributed by atoms with Gasteiger partial charge >= 0.3 is 0 Å². The molecule has 3 heteroatoms. The predicted molar refractivity (Wildman–Crippen MR) is 75.6 cm³/mol. The first-order valence-corrected chi connectivity index (χ1v) is 7.11. The molecule has 1 unspecified atom stereocenters. The summed E-state index contributed by atoms with van der Waals surface area (Å²) in [6.07, 6.45) is 6.30. The van der Waals surface area contributed by atoms with Gasteiger partial charge in [0, 0.05) is 26.3 Å². The van der Waals surface area contributed by atoms with Crippen molar-refractivity contribution in [3.8, 4) is 0 Å². The first-order valence-electron chi connectivity index (χ1n) is 7.11. The second-order valence-corrected chi connectivity index (χ2v) is 5.00. The maximum Gasteiger partial charge on any atom is 0.0474 e. The maximum absolute atomic E-state index is 5.05. The Morgan fingerprint density at radius 2 is 1.88 bits per heavy atom. The Balaban J connectivity index is 3.25. The van der Waals surface area contributed by atoms with E-state index >= 15 is 0 Å². The van der Waals surface area contributed by atoms with E-state index in [0.29, 0.717) is 6.04 Å². The number of methoxy groups -OCH3 is 1. The summed E-state index contributed by atoms with van der Waals surface area (Å²) < 4.78 is 5.05. The minimum atomic E-state index is 0.675. The van der Waals surface area contributed by atoms with Crippen LogP contribution in [-0.4, -0.2) is 51.3 Å². The monoisotopic (exact) mass is 244 g/mol. The highest BCUT2D eigenvalue weighted by Gasteiger charge is 2.01. The fourth-order valence-electron chi connectivity index (χ4n) is 1.92. The molecule has 0 heterocycles. The van der Waals surface area contributed by atoms with E-state index in [1.54, 1.807) is 7.11 Å². The molecule has 0 rings (SSSR count). The van der Waals surface area contributed by atoms with E-state index in [2.05, 4.69) is 31.1 Å². The van der Waals surface area contributed by atoms with E-state index in [-0.39, 0.29) is 0 Å². The topological polar surface area (TPSA) is 24.5 Å². The summed E-state index contributed by atoms with van der Waals surface area (Å²) in [4.78, 5) is 2.41. The van der Waals surface area contributed by atoms with Gasteiger partial charge in [0.1, 0.15) is 0 Å². The Morgan fingerprint density at radius 1 is 1.18 bits per heavy atom. The first kappa shape index (κ1) is 16.9. The Kier molecular flexibility index (Phi) is 12.3. The van der Waals surface area contributed by atoms with Gasteiger partial charge in [0.2, 0.25) is 0 Å². The molecule has 0 saturated carbocycles. The number of rotatable bonds is 12. The minimum absolute atomic E-state index is 0.675. The highest BCUT2D eigenvalue weighted by molar-refractivity contribution is 4.61. The maximum atomic E-state index is 5.05. The van der Waals surface area contributed by atoms with Crippen molar-refractivity contribution in [2.75, 3.05) is 40.4 Å². The Labute approximate surface area is 108 Å². The molecule has 1 N–H and O–H groups in total. The van der Waals surface area contributed by atoms with Crippen LogP contribution in [0.3, 0.4) is 0 Å². The number of ether oxygens (including phenoxy) is 1. The molecule has 0 spiro atoms. The van der Waals surface area contributed by atoms with Gasteiger partial charge in [0.15, 0.2) is 0 Å². The molecule has 104 valence electrons. The summed E-state index contributed by atoms with van der Waals surface area (Å²) >= 11 is 0. The van der Waals surface area contributed by atoms with Crippen LogP contribution in [0.5, 0.6) is 0 Å². The molecule has 0 saturated heterocycles. The van der Waals surface area contributed by atoms with Crippen LogP contribution < -0.4 is 5.32 Å². The molecule has 0 amide bonds. The summed E-state index contributed by atoms with van der Waals surface area (Å²) in [6.45, 7) is 8.90. The van der Waals surface area contributed by atoms with Crippen LogP contribution in [0.2, 0.25) is 0 Å². The lowest BCUT2D eigenvalue weighted by atomic mass is 10.1. The van der Waals surface area contributed by atoms with Crippen molar-refractivity contribution in [3.63, 3.8) is 0 Å². The molecule has 0 radical (unpaired) electrons. The van der Waals surface area contributed by atoms with Gasteiger partial charge in [-0.25, -0.2) is 0 Å². The highest BCUT2D eigenvalue weighted by atomic mass is 16.5. The van der Waals surface area contributed by atoms with E-state index in [1.165, 1.54) is 32.2 Å². The second-order valence-electron chi connectivity index (χ2n) is 5.00. The van der Waals surface area contributed by atoms with Gasteiger partial charge in [-0.1, -0.05) is 13.3 Å². The molecule has 17 heavy (non-hydrogen) atoms. The van der Waals surface area contributed by atoms with E-state index in [4.69, 9.17) is 4.74 Å². The van der Waals surface area contributed by atoms with Gasteiger partial charge < -0.3 is 15.0 Å². The van der Waals surface area contributed by atoms with Crippen LogP contribution in [0.25, 0.3) is 0 Å². The molecule has 1 atom stereocenters. The molecule has 0 bridgehead atoms. The number of nitrogens with one attached hydrogen (secondary N) is 1. The third-order valence-electron chi connectivity index (χ3n) is 3.06. The average molecular weight is 244 g/mol. The SMILES string of the molecule is CCCNC(C)CCCCN(C)CCCOC. The molecule has 0 aliphatic heterocycles. The van der Waals surface area contributed by atoms with Crippen LogP contribution in [0, 0.1) is 0 Å². The quantitative estimate of drug-likeness (QED) is 0.534. The van der Waals surface area contributed by atoms with Crippen molar-refractivity contribution in [1.29, 1.82) is 0 Å². The zero-order chi connectivity index (χ0) is 12.9. The molecule has 0 aromatic carbocycles. The van der Waals surface area contributed by atoms with Crippen LogP contribution in [0.15, 0.2) is 0 Å². The third kappa shape index (κ3) is 12.1. The highest BCUT2D eigenvalue weighted by Crippen LogP contribution is 2.02. The molecule has 0 fully saturated rings. The van der Waals surface area contributed by atoms with Crippen LogP contribution >= 0.6 is 0 Å². The van der Waals surface area contributed by atoms with E-state index in [9.17, 15) is 0 Å². The Morgan fingerprint density at radius 3 is 2.53 bits per heavy atom. The van der Waals surface area contributed by atoms with Gasteiger partial charge in [-0.2, -0.15) is 0 Å². The molecular weight excluding hydrogens is 212 g/mol. The van der Waals surface area contributed by atoms with Gasteiger partial charge in [0.05, 0.1) is 0 Å². The predicted octanol–water partition coefficient (Wildman–Crippen LogP) is 2.51. The Hall–Kier alpha value is -0.120. The average Bonchev–Trinajstić information content (AvgIpc) is 2.32. The van der Waals surface area contributed by atoms with Gasteiger partial charge in [-0.05, 0) is 52.7 Å². The standard InChI is InChI=1S/C14H32N2O/c1-5-10-15-14(2)9-6-7-11-16(3)12-8-13-17-4/h14-15H,5-13H2,1-4H3. The number of hydrogen-bond donors (Lipinski definition) is 1. The smallest absolute Gasteiger partial charge is 0.0474 e. The molecule has 0 aliphatic rings. The lowest BCUT2D eigenvalue weighted by Gasteiger charge is -2.17. The van der Waals surface area contributed by atoms with E-state index in [1.807, 2.05) is 0 Å². The van der Waals surface area contributed by atoms with Gasteiger partial charge in [-0.3, -0.25) is 0 Å². The molecule has 0 aliphatic carbocycles. The van der Waals surface area contributed by atoms with Crippen molar-refractivity contribution < 1.29 is 4.74 Å². The third-order valence-corrected chi connectivity index (χ3v) is 3.06. The Bertz CT molecular complexity index is 153. The number of nitrogens with zero attached hydrogens (tertiary/aromatic N) is 1. The summed E-state index contributed by atoms with van der Waals surface area (Å²) in [5.41, 5.74) is 0. The fourth-order valence-corrected chi connectivity index (χ4v) is 1.92. The van der Waals surface area contributed by atoms with Crippen molar-refractivity contribution >= 4 is 0 Å². The second kappa shape index (κ2) is 12.3. The summed E-state index contributed by atoms with van der Waals surface area (Å²) in [5, 5.41) is 3.53. The zero-order valence-electron chi connectivity index (χ0n) is 12.3. The largest absolute Gasteiger partial charge is 0.385 e. The van der Waals surface area contributed by atoms with Crippen molar-refractivity contribution in [2.24, 2.45) is 0 Å². The molecule has 0 aromatic heterocycles. The molecule has 3 nitrogen and oxygen atoms in total. The fraction of sp³-hybridized carbons (Fsp3) is 1.00. The summed E-state index contributed by atoms with van der Waals surface area (Å²) in [7, 11) is 3.97. The lowest BCUT2D eigenvalue weighted by molar-refractivity contribution is 0.179. The molecule has 0 aromatic rings. The summed E-state index contributed by atoms with van der Waals surface area (Å²) in [6, 6.07) is 0.675. The van der Waals surface area contributed by atoms with Crippen LogP contribution in [0.1, 0.15) is 46.0 Å². The number of hydrogen-bond acceptors (Lipinski definition) is 3.